The summed E-state index contributed by atoms with van der Waals surface area (Å²) in [7, 11) is 0. The summed E-state index contributed by atoms with van der Waals surface area (Å²) in [5, 5.41) is 3.53. The summed E-state index contributed by atoms with van der Waals surface area (Å²) in [4.78, 5) is 14.1. The average Bonchev–Trinajstić information content (AvgIpc) is 2.45. The molecule has 2 saturated heterocycles. The van der Waals surface area contributed by atoms with Gasteiger partial charge in [-0.05, 0) is 33.6 Å². The van der Waals surface area contributed by atoms with E-state index in [1.54, 1.807) is 4.90 Å². The second kappa shape index (κ2) is 7.42. The van der Waals surface area contributed by atoms with Gasteiger partial charge in [0.1, 0.15) is 5.60 Å². The molecule has 0 aromatic heterocycles. The summed E-state index contributed by atoms with van der Waals surface area (Å²) in [5.74, 6) is 0. The third kappa shape index (κ3) is 5.45. The molecule has 1 atom stereocenters. The highest BCUT2D eigenvalue weighted by atomic mass is 16.6. The third-order valence-corrected chi connectivity index (χ3v) is 3.72. The zero-order valence-corrected chi connectivity index (χ0v) is 13.4. The summed E-state index contributed by atoms with van der Waals surface area (Å²) in [6.45, 7) is 9.77. The van der Waals surface area contributed by atoms with Gasteiger partial charge in [0.2, 0.25) is 0 Å². The first-order valence-electron chi connectivity index (χ1n) is 7.84. The Kier molecular flexibility index (Phi) is 5.84. The lowest BCUT2D eigenvalue weighted by molar-refractivity contribution is -0.0331. The minimum Gasteiger partial charge on any atom is -0.444 e. The molecule has 1 N–H and O–H groups in total. The molecule has 0 aromatic rings. The summed E-state index contributed by atoms with van der Waals surface area (Å²) < 4.78 is 16.4. The monoisotopic (exact) mass is 300 g/mol. The molecular formula is C15H28N2O4. The second-order valence-corrected chi connectivity index (χ2v) is 6.70. The maximum Gasteiger partial charge on any atom is 0.410 e. The number of carbonyl (C=O) groups is 1. The zero-order valence-electron chi connectivity index (χ0n) is 13.4. The van der Waals surface area contributed by atoms with Gasteiger partial charge < -0.3 is 19.5 Å². The molecule has 0 aliphatic carbocycles. The molecule has 0 radical (unpaired) electrons. The molecule has 2 aliphatic rings. The van der Waals surface area contributed by atoms with Crippen molar-refractivity contribution in [2.75, 3.05) is 39.5 Å². The molecule has 6 nitrogen and oxygen atoms in total. The Balaban J connectivity index is 1.84. The van der Waals surface area contributed by atoms with E-state index in [1.807, 2.05) is 20.8 Å². The van der Waals surface area contributed by atoms with E-state index in [-0.39, 0.29) is 12.1 Å². The van der Waals surface area contributed by atoms with Crippen LogP contribution in [0.1, 0.15) is 33.6 Å². The fourth-order valence-corrected chi connectivity index (χ4v) is 2.59. The van der Waals surface area contributed by atoms with Crippen LogP contribution in [-0.2, 0) is 14.2 Å². The highest BCUT2D eigenvalue weighted by Crippen LogP contribution is 2.15. The average molecular weight is 300 g/mol. The van der Waals surface area contributed by atoms with E-state index in [4.69, 9.17) is 14.2 Å². The Morgan fingerprint density at radius 2 is 1.95 bits per heavy atom. The fourth-order valence-electron chi connectivity index (χ4n) is 2.59. The maximum absolute atomic E-state index is 12.3. The van der Waals surface area contributed by atoms with Gasteiger partial charge in [0.15, 0.2) is 0 Å². The van der Waals surface area contributed by atoms with Crippen molar-refractivity contribution < 1.29 is 19.0 Å². The number of morpholine rings is 1. The van der Waals surface area contributed by atoms with Gasteiger partial charge in [-0.3, -0.25) is 4.90 Å². The number of hydrogen-bond donors (Lipinski definition) is 1. The minimum atomic E-state index is -0.464. The van der Waals surface area contributed by atoms with E-state index < -0.39 is 5.60 Å². The number of carbonyl (C=O) groups excluding carboxylic acids is 1. The molecule has 0 saturated carbocycles. The van der Waals surface area contributed by atoms with E-state index >= 15 is 0 Å². The van der Waals surface area contributed by atoms with Gasteiger partial charge in [-0.15, -0.1) is 0 Å². The highest BCUT2D eigenvalue weighted by Gasteiger charge is 2.31. The molecule has 0 spiro atoms. The molecule has 2 rings (SSSR count). The van der Waals surface area contributed by atoms with Crippen LogP contribution in [0.15, 0.2) is 0 Å². The molecule has 1 unspecified atom stereocenters. The third-order valence-electron chi connectivity index (χ3n) is 3.72. The van der Waals surface area contributed by atoms with Gasteiger partial charge in [-0.1, -0.05) is 0 Å². The molecule has 0 aromatic carbocycles. The standard InChI is InChI=1S/C15H28N2O4/c1-15(2,3)21-14(18)17-6-9-20-11-13(17)10-16-12-4-7-19-8-5-12/h12-13,16H,4-11H2,1-3H3. The molecule has 21 heavy (non-hydrogen) atoms. The normalized spacial score (nSPS) is 24.9. The fraction of sp³-hybridized carbons (Fsp3) is 0.933. The first kappa shape index (κ1) is 16.5. The van der Waals surface area contributed by atoms with E-state index in [1.165, 1.54) is 0 Å². The molecular weight excluding hydrogens is 272 g/mol. The van der Waals surface area contributed by atoms with Gasteiger partial charge in [0, 0.05) is 32.3 Å². The zero-order chi connectivity index (χ0) is 15.3. The van der Waals surface area contributed by atoms with Crippen molar-refractivity contribution in [1.29, 1.82) is 0 Å². The predicted molar refractivity (Wildman–Crippen MR) is 79.4 cm³/mol. The topological polar surface area (TPSA) is 60.0 Å². The van der Waals surface area contributed by atoms with Crippen LogP contribution in [0.4, 0.5) is 4.79 Å². The van der Waals surface area contributed by atoms with Gasteiger partial charge in [-0.25, -0.2) is 4.79 Å². The van der Waals surface area contributed by atoms with Crippen LogP contribution < -0.4 is 5.32 Å². The first-order valence-corrected chi connectivity index (χ1v) is 7.84. The summed E-state index contributed by atoms with van der Waals surface area (Å²) in [6.07, 6.45) is 1.81. The molecule has 122 valence electrons. The van der Waals surface area contributed by atoms with Gasteiger partial charge in [0.25, 0.3) is 0 Å². The predicted octanol–water partition coefficient (Wildman–Crippen LogP) is 1.39. The van der Waals surface area contributed by atoms with Gasteiger partial charge in [-0.2, -0.15) is 0 Å². The minimum absolute atomic E-state index is 0.0384. The SMILES string of the molecule is CC(C)(C)OC(=O)N1CCOCC1CNC1CCOCC1. The van der Waals surface area contributed by atoms with Crippen molar-refractivity contribution in [3.8, 4) is 0 Å². The summed E-state index contributed by atoms with van der Waals surface area (Å²) >= 11 is 0. The highest BCUT2D eigenvalue weighted by molar-refractivity contribution is 5.68. The smallest absolute Gasteiger partial charge is 0.410 e. The van der Waals surface area contributed by atoms with Crippen LogP contribution in [0.2, 0.25) is 0 Å². The van der Waals surface area contributed by atoms with Crippen molar-refractivity contribution in [1.82, 2.24) is 10.2 Å². The van der Waals surface area contributed by atoms with Crippen molar-refractivity contribution in [3.63, 3.8) is 0 Å². The van der Waals surface area contributed by atoms with Crippen molar-refractivity contribution in [3.05, 3.63) is 0 Å². The Morgan fingerprint density at radius 1 is 1.24 bits per heavy atom. The first-order chi connectivity index (χ1) is 9.96. The van der Waals surface area contributed by atoms with E-state index in [2.05, 4.69) is 5.32 Å². The van der Waals surface area contributed by atoms with Crippen molar-refractivity contribution in [2.45, 2.75) is 51.3 Å². The molecule has 0 bridgehead atoms. The Bertz CT molecular complexity index is 337. The number of amides is 1. The Morgan fingerprint density at radius 3 is 2.62 bits per heavy atom. The lowest BCUT2D eigenvalue weighted by Crippen LogP contribution is -2.55. The number of hydrogen-bond acceptors (Lipinski definition) is 5. The van der Waals surface area contributed by atoms with Crippen molar-refractivity contribution >= 4 is 6.09 Å². The number of ether oxygens (including phenoxy) is 3. The van der Waals surface area contributed by atoms with E-state index in [0.717, 1.165) is 32.6 Å². The number of nitrogens with zero attached hydrogens (tertiary/aromatic N) is 1. The lowest BCUT2D eigenvalue weighted by Gasteiger charge is -2.37. The van der Waals surface area contributed by atoms with Crippen molar-refractivity contribution in [2.24, 2.45) is 0 Å². The Labute approximate surface area is 127 Å². The van der Waals surface area contributed by atoms with Crippen LogP contribution in [0.5, 0.6) is 0 Å². The molecule has 2 heterocycles. The van der Waals surface area contributed by atoms with Crippen LogP contribution in [0.25, 0.3) is 0 Å². The number of rotatable bonds is 3. The molecule has 2 fully saturated rings. The maximum atomic E-state index is 12.3. The largest absolute Gasteiger partial charge is 0.444 e. The van der Waals surface area contributed by atoms with Crippen LogP contribution >= 0.6 is 0 Å². The summed E-state index contributed by atoms with van der Waals surface area (Å²) in [5.41, 5.74) is -0.464. The number of nitrogens with one attached hydrogen (secondary N) is 1. The van der Waals surface area contributed by atoms with E-state index in [0.29, 0.717) is 25.8 Å². The van der Waals surface area contributed by atoms with Gasteiger partial charge >= 0.3 is 6.09 Å². The molecule has 2 aliphatic heterocycles. The molecule has 1 amide bonds. The summed E-state index contributed by atoms with van der Waals surface area (Å²) in [6, 6.07) is 0.512. The quantitative estimate of drug-likeness (QED) is 0.853. The van der Waals surface area contributed by atoms with E-state index in [9.17, 15) is 4.79 Å². The Hall–Kier alpha value is -0.850. The van der Waals surface area contributed by atoms with Crippen LogP contribution in [-0.4, -0.2) is 68.2 Å². The van der Waals surface area contributed by atoms with Crippen LogP contribution in [0, 0.1) is 0 Å². The lowest BCUT2D eigenvalue weighted by atomic mass is 10.1. The second-order valence-electron chi connectivity index (χ2n) is 6.70. The molecule has 6 heteroatoms. The van der Waals surface area contributed by atoms with Gasteiger partial charge in [0.05, 0.1) is 19.3 Å². The van der Waals surface area contributed by atoms with Crippen LogP contribution in [0.3, 0.4) is 0 Å².